The lowest BCUT2D eigenvalue weighted by atomic mass is 9.85. The van der Waals surface area contributed by atoms with E-state index in [2.05, 4.69) is 12.5 Å². The molecule has 1 rings (SSSR count). The van der Waals surface area contributed by atoms with E-state index in [1.54, 1.807) is 0 Å². The Balaban J connectivity index is 2.67. The van der Waals surface area contributed by atoms with Gasteiger partial charge in [-0.05, 0) is 25.7 Å². The molecule has 0 aromatic heterocycles. The Morgan fingerprint density at radius 2 is 1.73 bits per heavy atom. The van der Waals surface area contributed by atoms with Crippen LogP contribution in [-0.4, -0.2) is 16.9 Å². The van der Waals surface area contributed by atoms with Gasteiger partial charge in [0.2, 0.25) is 0 Å². The van der Waals surface area contributed by atoms with Crippen molar-refractivity contribution in [3.05, 3.63) is 12.2 Å². The average Bonchev–Trinajstić information content (AvgIpc) is 2.14. The Kier molecular flexibility index (Phi) is 3.46. The molecule has 0 bridgehead atoms. The predicted molar refractivity (Wildman–Crippen MR) is 51.0 cm³/mol. The van der Waals surface area contributed by atoms with Crippen molar-refractivity contribution < 1.29 is 18.3 Å². The Hall–Kier alpha value is -0.950. The minimum absolute atomic E-state index is 0.450. The molecule has 1 fully saturated rings. The lowest BCUT2D eigenvalue weighted by molar-refractivity contribution is -0.0868. The van der Waals surface area contributed by atoms with Gasteiger partial charge < -0.3 is 5.11 Å². The molecule has 1 nitrogen and oxygen atoms in total. The van der Waals surface area contributed by atoms with Crippen LogP contribution in [0.1, 0.15) is 32.1 Å². The Morgan fingerprint density at radius 3 is 2.20 bits per heavy atom. The van der Waals surface area contributed by atoms with E-state index in [-0.39, 0.29) is 0 Å². The summed E-state index contributed by atoms with van der Waals surface area (Å²) in [7, 11) is 0. The van der Waals surface area contributed by atoms with Gasteiger partial charge in [-0.1, -0.05) is 24.8 Å². The van der Waals surface area contributed by atoms with Crippen molar-refractivity contribution in [2.45, 2.75) is 43.9 Å². The Morgan fingerprint density at radius 1 is 1.20 bits per heavy atom. The Bertz CT molecular complexity index is 300. The highest BCUT2D eigenvalue weighted by atomic mass is 19.4. The molecule has 0 aromatic rings. The molecule has 1 aliphatic carbocycles. The Labute approximate surface area is 87.0 Å². The summed E-state index contributed by atoms with van der Waals surface area (Å²) in [6.45, 7) is 2.83. The molecular weight excluding hydrogens is 205 g/mol. The number of allylic oxidation sites excluding steroid dienone is 1. The summed E-state index contributed by atoms with van der Waals surface area (Å²) < 4.78 is 36.1. The minimum Gasteiger partial charge on any atom is -0.378 e. The van der Waals surface area contributed by atoms with E-state index in [1.807, 2.05) is 5.92 Å². The van der Waals surface area contributed by atoms with E-state index in [1.165, 1.54) is 0 Å². The van der Waals surface area contributed by atoms with Crippen LogP contribution in [0.2, 0.25) is 0 Å². The normalized spacial score (nSPS) is 20.3. The standard InChI is InChI=1S/C11H13F3O/c1-9(11(12,13)14)5-8-10(15)6-3-2-4-7-10/h15H,1-4,6-7H2. The first-order valence-electron chi connectivity index (χ1n) is 4.85. The van der Waals surface area contributed by atoms with Crippen molar-refractivity contribution in [1.82, 2.24) is 0 Å². The number of hydrogen-bond donors (Lipinski definition) is 1. The van der Waals surface area contributed by atoms with Gasteiger partial charge in [-0.25, -0.2) is 0 Å². The summed E-state index contributed by atoms with van der Waals surface area (Å²) in [4.78, 5) is 0. The predicted octanol–water partition coefficient (Wildman–Crippen LogP) is 2.80. The molecule has 0 unspecified atom stereocenters. The van der Waals surface area contributed by atoms with Crippen LogP contribution >= 0.6 is 0 Å². The fraction of sp³-hybridized carbons (Fsp3) is 0.636. The maximum absolute atomic E-state index is 12.0. The van der Waals surface area contributed by atoms with Gasteiger partial charge >= 0.3 is 6.18 Å². The topological polar surface area (TPSA) is 20.2 Å². The van der Waals surface area contributed by atoms with E-state index in [0.29, 0.717) is 12.8 Å². The molecule has 0 amide bonds. The largest absolute Gasteiger partial charge is 0.423 e. The number of rotatable bonds is 0. The fourth-order valence-corrected chi connectivity index (χ4v) is 1.52. The molecule has 1 aliphatic rings. The fourth-order valence-electron chi connectivity index (χ4n) is 1.52. The van der Waals surface area contributed by atoms with Crippen LogP contribution in [0.4, 0.5) is 13.2 Å². The van der Waals surface area contributed by atoms with E-state index < -0.39 is 17.4 Å². The van der Waals surface area contributed by atoms with E-state index in [4.69, 9.17) is 0 Å². The molecule has 0 saturated heterocycles. The highest BCUT2D eigenvalue weighted by Gasteiger charge is 2.32. The minimum atomic E-state index is -4.49. The third kappa shape index (κ3) is 3.60. The SMILES string of the molecule is C=C(C#CC1(O)CCCCC1)C(F)(F)F. The van der Waals surface area contributed by atoms with Gasteiger partial charge in [0.15, 0.2) is 0 Å². The van der Waals surface area contributed by atoms with Gasteiger partial charge in [0, 0.05) is 0 Å². The second-order valence-electron chi connectivity index (χ2n) is 3.82. The molecule has 84 valence electrons. The highest BCUT2D eigenvalue weighted by molar-refractivity contribution is 5.33. The highest BCUT2D eigenvalue weighted by Crippen LogP contribution is 2.28. The monoisotopic (exact) mass is 218 g/mol. The number of alkyl halides is 3. The second-order valence-corrected chi connectivity index (χ2v) is 3.82. The molecule has 0 spiro atoms. The maximum Gasteiger partial charge on any atom is 0.423 e. The molecule has 4 heteroatoms. The van der Waals surface area contributed by atoms with Crippen LogP contribution < -0.4 is 0 Å². The lowest BCUT2D eigenvalue weighted by Crippen LogP contribution is -2.29. The van der Waals surface area contributed by atoms with E-state index in [9.17, 15) is 18.3 Å². The summed E-state index contributed by atoms with van der Waals surface area (Å²) in [6.07, 6.45) is -0.966. The summed E-state index contributed by atoms with van der Waals surface area (Å²) in [6, 6.07) is 0. The molecule has 15 heavy (non-hydrogen) atoms. The first-order chi connectivity index (χ1) is 6.83. The van der Waals surface area contributed by atoms with Gasteiger partial charge in [0.1, 0.15) is 5.60 Å². The first kappa shape index (κ1) is 12.1. The van der Waals surface area contributed by atoms with Crippen LogP contribution in [0.25, 0.3) is 0 Å². The van der Waals surface area contributed by atoms with Crippen LogP contribution in [0.15, 0.2) is 12.2 Å². The molecular formula is C11H13F3O. The zero-order chi connectivity index (χ0) is 11.5. The third-order valence-corrected chi connectivity index (χ3v) is 2.47. The van der Waals surface area contributed by atoms with Crippen molar-refractivity contribution in [3.8, 4) is 11.8 Å². The van der Waals surface area contributed by atoms with Gasteiger partial charge in [0.25, 0.3) is 0 Å². The van der Waals surface area contributed by atoms with Crippen molar-refractivity contribution in [1.29, 1.82) is 0 Å². The van der Waals surface area contributed by atoms with Gasteiger partial charge in [-0.2, -0.15) is 13.2 Å². The molecule has 0 radical (unpaired) electrons. The van der Waals surface area contributed by atoms with Crippen LogP contribution in [0.5, 0.6) is 0 Å². The smallest absolute Gasteiger partial charge is 0.378 e. The van der Waals surface area contributed by atoms with Crippen LogP contribution in [0.3, 0.4) is 0 Å². The van der Waals surface area contributed by atoms with Crippen molar-refractivity contribution >= 4 is 0 Å². The second kappa shape index (κ2) is 4.28. The van der Waals surface area contributed by atoms with Crippen LogP contribution in [0, 0.1) is 11.8 Å². The summed E-state index contributed by atoms with van der Waals surface area (Å²) >= 11 is 0. The first-order valence-corrected chi connectivity index (χ1v) is 4.85. The maximum atomic E-state index is 12.0. The zero-order valence-corrected chi connectivity index (χ0v) is 8.32. The quantitative estimate of drug-likeness (QED) is 0.620. The molecule has 0 aliphatic heterocycles. The van der Waals surface area contributed by atoms with Gasteiger partial charge in [0.05, 0.1) is 5.57 Å². The summed E-state index contributed by atoms with van der Waals surface area (Å²) in [5.74, 6) is 4.20. The molecule has 1 saturated carbocycles. The van der Waals surface area contributed by atoms with Gasteiger partial charge in [-0.3, -0.25) is 0 Å². The summed E-state index contributed by atoms with van der Waals surface area (Å²) in [5, 5.41) is 9.80. The average molecular weight is 218 g/mol. The molecule has 1 N–H and O–H groups in total. The van der Waals surface area contributed by atoms with Gasteiger partial charge in [-0.15, -0.1) is 0 Å². The van der Waals surface area contributed by atoms with E-state index >= 15 is 0 Å². The zero-order valence-electron chi connectivity index (χ0n) is 8.32. The number of hydrogen-bond acceptors (Lipinski definition) is 1. The summed E-state index contributed by atoms with van der Waals surface area (Å²) in [5.41, 5.74) is -2.34. The molecule has 0 aromatic carbocycles. The van der Waals surface area contributed by atoms with Crippen molar-refractivity contribution in [3.63, 3.8) is 0 Å². The third-order valence-electron chi connectivity index (χ3n) is 2.47. The van der Waals surface area contributed by atoms with Crippen LogP contribution in [-0.2, 0) is 0 Å². The van der Waals surface area contributed by atoms with E-state index in [0.717, 1.165) is 19.3 Å². The number of halogens is 3. The number of aliphatic hydroxyl groups is 1. The van der Waals surface area contributed by atoms with Crippen molar-refractivity contribution in [2.24, 2.45) is 0 Å². The molecule has 0 atom stereocenters. The lowest BCUT2D eigenvalue weighted by Gasteiger charge is -2.26. The molecule has 0 heterocycles. The van der Waals surface area contributed by atoms with Crippen molar-refractivity contribution in [2.75, 3.05) is 0 Å².